The zero-order valence-electron chi connectivity index (χ0n) is 5.90. The van der Waals surface area contributed by atoms with Crippen LogP contribution in [0.1, 0.15) is 25.7 Å². The Morgan fingerprint density at radius 3 is 2.80 bits per heavy atom. The molecule has 0 amide bonds. The summed E-state index contributed by atoms with van der Waals surface area (Å²) in [5, 5.41) is 12.1. The maximum absolute atomic E-state index is 8.32. The van der Waals surface area contributed by atoms with Gasteiger partial charge < -0.3 is 4.42 Å². The molecule has 4 heteroatoms. The molecular weight excluding hydrogens is 130 g/mol. The molecule has 0 saturated heterocycles. The topological polar surface area (TPSA) is 53.7 Å². The second kappa shape index (κ2) is 2.48. The zero-order valence-corrected chi connectivity index (χ0v) is 5.90. The van der Waals surface area contributed by atoms with Gasteiger partial charge in [-0.1, -0.05) is 13.8 Å². The van der Waals surface area contributed by atoms with E-state index in [1.807, 2.05) is 20.0 Å². The molecule has 4 nitrogen and oxygen atoms in total. The van der Waals surface area contributed by atoms with Crippen molar-refractivity contribution < 1.29 is 9.10 Å². The number of aromatic nitrogens is 2. The third-order valence-corrected chi connectivity index (χ3v) is 1.08. The van der Waals surface area contributed by atoms with Gasteiger partial charge in [-0.25, -0.2) is 0 Å². The summed E-state index contributed by atoms with van der Waals surface area (Å²) < 4.78 is 6.04. The quantitative estimate of drug-likeness (QED) is 0.528. The van der Waals surface area contributed by atoms with Crippen LogP contribution in [0.4, 0.5) is 0 Å². The van der Waals surface area contributed by atoms with E-state index >= 15 is 0 Å². The van der Waals surface area contributed by atoms with Crippen LogP contribution < -0.4 is 4.68 Å². The van der Waals surface area contributed by atoms with Crippen LogP contribution in [0.25, 0.3) is 0 Å². The fraction of sp³-hybridized carbons (Fsp3) is 0.500. The summed E-state index contributed by atoms with van der Waals surface area (Å²) in [5.74, 6) is 0.816. The molecule has 0 N–H and O–H groups in total. The van der Waals surface area contributed by atoms with Gasteiger partial charge in [-0.2, -0.15) is 0 Å². The second-order valence-electron chi connectivity index (χ2n) is 2.26. The van der Waals surface area contributed by atoms with Crippen molar-refractivity contribution in [3.05, 3.63) is 12.3 Å². The maximum atomic E-state index is 8.32. The standard InChI is InChI=1S/C6H8N3O/c1-5(2)6-8-9(3-7)4-10-6/h4-5H,1-2H3/q+1. The lowest BCUT2D eigenvalue weighted by Crippen LogP contribution is -2.28. The van der Waals surface area contributed by atoms with Gasteiger partial charge in [0.05, 0.1) is 0 Å². The highest BCUT2D eigenvalue weighted by Gasteiger charge is 2.09. The molecule has 0 spiro atoms. The van der Waals surface area contributed by atoms with E-state index in [0.717, 1.165) is 4.68 Å². The van der Waals surface area contributed by atoms with Crippen LogP contribution in [0.2, 0.25) is 0 Å². The van der Waals surface area contributed by atoms with E-state index in [-0.39, 0.29) is 5.92 Å². The number of rotatable bonds is 1. The molecule has 0 aliphatic rings. The molecule has 0 aromatic carbocycles. The Balaban J connectivity index is 2.91. The Labute approximate surface area is 58.7 Å². The third-order valence-electron chi connectivity index (χ3n) is 1.08. The molecule has 0 unspecified atom stereocenters. The molecule has 0 saturated carbocycles. The van der Waals surface area contributed by atoms with Gasteiger partial charge in [0, 0.05) is 5.92 Å². The molecule has 1 aromatic heterocycles. The average molecular weight is 138 g/mol. The Morgan fingerprint density at radius 2 is 2.50 bits per heavy atom. The lowest BCUT2D eigenvalue weighted by molar-refractivity contribution is -0.652. The molecule has 0 aliphatic heterocycles. The van der Waals surface area contributed by atoms with Gasteiger partial charge in [0.15, 0.2) is 5.26 Å². The first-order valence-electron chi connectivity index (χ1n) is 3.01. The zero-order chi connectivity index (χ0) is 7.56. The summed E-state index contributed by atoms with van der Waals surface area (Å²) in [6.45, 7) is 3.90. The average Bonchev–Trinajstić information content (AvgIpc) is 2.34. The lowest BCUT2D eigenvalue weighted by Gasteiger charge is -1.89. The van der Waals surface area contributed by atoms with Crippen molar-refractivity contribution in [3.63, 3.8) is 0 Å². The first kappa shape index (κ1) is 6.75. The fourth-order valence-corrected chi connectivity index (χ4v) is 0.555. The van der Waals surface area contributed by atoms with Crippen molar-refractivity contribution in [1.29, 1.82) is 5.26 Å². The summed E-state index contributed by atoms with van der Waals surface area (Å²) in [6, 6.07) is 0. The first-order chi connectivity index (χ1) is 4.74. The largest absolute Gasteiger partial charge is 0.489 e. The highest BCUT2D eigenvalue weighted by atomic mass is 16.4. The molecule has 1 heterocycles. The number of hydrogen-bond acceptors (Lipinski definition) is 3. The van der Waals surface area contributed by atoms with Gasteiger partial charge in [-0.3, -0.25) is 0 Å². The van der Waals surface area contributed by atoms with Crippen molar-refractivity contribution in [2.75, 3.05) is 0 Å². The second-order valence-corrected chi connectivity index (χ2v) is 2.26. The Morgan fingerprint density at radius 1 is 1.80 bits per heavy atom. The minimum Gasteiger partial charge on any atom is -0.407 e. The summed E-state index contributed by atoms with van der Waals surface area (Å²) in [4.78, 5) is 0. The van der Waals surface area contributed by atoms with E-state index in [1.165, 1.54) is 6.39 Å². The van der Waals surface area contributed by atoms with Gasteiger partial charge in [0.2, 0.25) is 5.89 Å². The van der Waals surface area contributed by atoms with E-state index in [1.54, 1.807) is 0 Å². The van der Waals surface area contributed by atoms with Crippen molar-refractivity contribution in [1.82, 2.24) is 5.10 Å². The van der Waals surface area contributed by atoms with Crippen LogP contribution in [-0.4, -0.2) is 5.10 Å². The molecule has 0 radical (unpaired) electrons. The van der Waals surface area contributed by atoms with Gasteiger partial charge >= 0.3 is 6.19 Å². The Kier molecular flexibility index (Phi) is 1.67. The SMILES string of the molecule is CC(C)c1n[n+](C#N)co1. The highest BCUT2D eigenvalue weighted by molar-refractivity contribution is 4.79. The van der Waals surface area contributed by atoms with Crippen LogP contribution in [0.5, 0.6) is 0 Å². The molecule has 1 aromatic rings. The van der Waals surface area contributed by atoms with Gasteiger partial charge in [-0.15, -0.1) is 0 Å². The summed E-state index contributed by atoms with van der Waals surface area (Å²) in [7, 11) is 0. The Bertz CT molecular complexity index is 258. The first-order valence-corrected chi connectivity index (χ1v) is 3.01. The number of nitrogens with zero attached hydrogens (tertiary/aromatic N) is 3. The van der Waals surface area contributed by atoms with Gasteiger partial charge in [-0.05, 0) is 9.78 Å². The van der Waals surface area contributed by atoms with Crippen LogP contribution >= 0.6 is 0 Å². The van der Waals surface area contributed by atoms with Crippen molar-refractivity contribution in [3.8, 4) is 6.19 Å². The predicted molar refractivity (Wildman–Crippen MR) is 31.8 cm³/mol. The molecule has 0 bridgehead atoms. The van der Waals surface area contributed by atoms with E-state index in [2.05, 4.69) is 5.10 Å². The fourth-order valence-electron chi connectivity index (χ4n) is 0.555. The minimum absolute atomic E-state index is 0.231. The normalized spacial score (nSPS) is 9.80. The van der Waals surface area contributed by atoms with E-state index in [0.29, 0.717) is 5.89 Å². The molecule has 0 fully saturated rings. The molecule has 1 rings (SSSR count). The minimum atomic E-state index is 0.231. The maximum Gasteiger partial charge on any atom is 0.489 e. The molecule has 0 atom stereocenters. The molecule has 0 aliphatic carbocycles. The molecule has 10 heavy (non-hydrogen) atoms. The molecular formula is C6H8N3O+. The van der Waals surface area contributed by atoms with Crippen molar-refractivity contribution >= 4 is 0 Å². The summed E-state index contributed by atoms with van der Waals surface area (Å²) >= 11 is 0. The summed E-state index contributed by atoms with van der Waals surface area (Å²) in [5.41, 5.74) is 0. The van der Waals surface area contributed by atoms with Crippen molar-refractivity contribution in [2.45, 2.75) is 19.8 Å². The van der Waals surface area contributed by atoms with Crippen molar-refractivity contribution in [2.24, 2.45) is 0 Å². The lowest BCUT2D eigenvalue weighted by atomic mass is 10.2. The Hall–Kier alpha value is -1.37. The number of nitriles is 1. The van der Waals surface area contributed by atoms with Crippen LogP contribution in [0.3, 0.4) is 0 Å². The van der Waals surface area contributed by atoms with Crippen LogP contribution in [0.15, 0.2) is 10.8 Å². The molecule has 52 valence electrons. The summed E-state index contributed by atoms with van der Waals surface area (Å²) in [6.07, 6.45) is 3.10. The van der Waals surface area contributed by atoms with Crippen LogP contribution in [0, 0.1) is 11.5 Å². The number of hydrogen-bond donors (Lipinski definition) is 0. The van der Waals surface area contributed by atoms with Crippen LogP contribution in [-0.2, 0) is 0 Å². The predicted octanol–water partition coefficient (Wildman–Crippen LogP) is 0.415. The van der Waals surface area contributed by atoms with E-state index < -0.39 is 0 Å². The van der Waals surface area contributed by atoms with Gasteiger partial charge in [0.1, 0.15) is 0 Å². The third kappa shape index (κ3) is 1.13. The van der Waals surface area contributed by atoms with E-state index in [4.69, 9.17) is 9.68 Å². The van der Waals surface area contributed by atoms with Gasteiger partial charge in [0.25, 0.3) is 6.39 Å². The smallest absolute Gasteiger partial charge is 0.407 e. The monoisotopic (exact) mass is 138 g/mol. The van der Waals surface area contributed by atoms with E-state index in [9.17, 15) is 0 Å². The highest BCUT2D eigenvalue weighted by Crippen LogP contribution is 2.07.